The van der Waals surface area contributed by atoms with Gasteiger partial charge in [0.15, 0.2) is 0 Å². The third-order valence-corrected chi connectivity index (χ3v) is 2.74. The number of aryl methyl sites for hydroxylation is 1. The van der Waals surface area contributed by atoms with E-state index in [1.807, 2.05) is 32.2 Å². The zero-order valence-corrected chi connectivity index (χ0v) is 10.1. The van der Waals surface area contributed by atoms with Crippen molar-refractivity contribution in [1.82, 2.24) is 15.1 Å². The molecule has 0 atom stereocenters. The maximum atomic E-state index is 13.8. The van der Waals surface area contributed by atoms with Crippen LogP contribution in [0.15, 0.2) is 30.5 Å². The summed E-state index contributed by atoms with van der Waals surface area (Å²) in [6.07, 6.45) is 1.71. The topological polar surface area (TPSA) is 29.9 Å². The summed E-state index contributed by atoms with van der Waals surface area (Å²) >= 11 is 0. The van der Waals surface area contributed by atoms with Crippen LogP contribution >= 0.6 is 0 Å². The van der Waals surface area contributed by atoms with Crippen molar-refractivity contribution in [1.29, 1.82) is 0 Å². The van der Waals surface area contributed by atoms with Gasteiger partial charge in [-0.3, -0.25) is 4.68 Å². The van der Waals surface area contributed by atoms with E-state index in [0.717, 1.165) is 17.8 Å². The Morgan fingerprint density at radius 2 is 2.18 bits per heavy atom. The van der Waals surface area contributed by atoms with E-state index in [-0.39, 0.29) is 5.82 Å². The third kappa shape index (κ3) is 2.53. The van der Waals surface area contributed by atoms with Crippen LogP contribution in [0.25, 0.3) is 11.3 Å². The van der Waals surface area contributed by atoms with E-state index < -0.39 is 0 Å². The monoisotopic (exact) mass is 233 g/mol. The zero-order valence-electron chi connectivity index (χ0n) is 10.1. The number of halogens is 1. The lowest BCUT2D eigenvalue weighted by atomic mass is 10.1. The number of hydrogen-bond acceptors (Lipinski definition) is 2. The maximum absolute atomic E-state index is 13.8. The minimum atomic E-state index is -0.176. The molecular formula is C13H16FN3. The lowest BCUT2D eigenvalue weighted by Crippen LogP contribution is -2.12. The number of benzene rings is 1. The van der Waals surface area contributed by atoms with E-state index in [1.165, 1.54) is 0 Å². The summed E-state index contributed by atoms with van der Waals surface area (Å²) in [5.41, 5.74) is 2.46. The zero-order chi connectivity index (χ0) is 12.3. The standard InChI is InChI=1S/C13H16FN3/c1-3-15-9-11-5-4-10(8-12(11)14)13-6-7-16-17(13)2/h4-8,15H,3,9H2,1-2H3. The Bertz CT molecular complexity index is 505. The molecule has 0 spiro atoms. The van der Waals surface area contributed by atoms with Gasteiger partial charge < -0.3 is 5.32 Å². The van der Waals surface area contributed by atoms with Gasteiger partial charge in [0.1, 0.15) is 5.82 Å². The number of aromatic nitrogens is 2. The lowest BCUT2D eigenvalue weighted by molar-refractivity contribution is 0.593. The third-order valence-electron chi connectivity index (χ3n) is 2.74. The predicted molar refractivity (Wildman–Crippen MR) is 66.0 cm³/mol. The van der Waals surface area contributed by atoms with Crippen molar-refractivity contribution in [2.24, 2.45) is 7.05 Å². The fourth-order valence-electron chi connectivity index (χ4n) is 1.77. The average Bonchev–Trinajstić information content (AvgIpc) is 2.74. The molecule has 0 saturated carbocycles. The van der Waals surface area contributed by atoms with Gasteiger partial charge in [0, 0.05) is 30.9 Å². The molecule has 2 aromatic rings. The van der Waals surface area contributed by atoms with Gasteiger partial charge >= 0.3 is 0 Å². The molecule has 0 aliphatic rings. The molecule has 1 heterocycles. The smallest absolute Gasteiger partial charge is 0.128 e. The minimum absolute atomic E-state index is 0.176. The minimum Gasteiger partial charge on any atom is -0.313 e. The molecule has 0 radical (unpaired) electrons. The predicted octanol–water partition coefficient (Wildman–Crippen LogP) is 2.34. The molecule has 3 nitrogen and oxygen atoms in total. The van der Waals surface area contributed by atoms with Crippen LogP contribution < -0.4 is 5.32 Å². The molecule has 1 aromatic carbocycles. The molecule has 0 fully saturated rings. The Morgan fingerprint density at radius 1 is 1.35 bits per heavy atom. The quantitative estimate of drug-likeness (QED) is 0.878. The highest BCUT2D eigenvalue weighted by atomic mass is 19.1. The van der Waals surface area contributed by atoms with Crippen LogP contribution in [-0.4, -0.2) is 16.3 Å². The van der Waals surface area contributed by atoms with Crippen molar-refractivity contribution in [2.45, 2.75) is 13.5 Å². The molecule has 0 unspecified atom stereocenters. The van der Waals surface area contributed by atoms with E-state index in [4.69, 9.17) is 0 Å². The van der Waals surface area contributed by atoms with Crippen LogP contribution in [0.1, 0.15) is 12.5 Å². The van der Waals surface area contributed by atoms with Crippen LogP contribution in [0.3, 0.4) is 0 Å². The van der Waals surface area contributed by atoms with Gasteiger partial charge in [-0.15, -0.1) is 0 Å². The Morgan fingerprint density at radius 3 is 2.76 bits per heavy atom. The summed E-state index contributed by atoms with van der Waals surface area (Å²) in [7, 11) is 1.85. The summed E-state index contributed by atoms with van der Waals surface area (Å²) in [5.74, 6) is -0.176. The molecule has 0 amide bonds. The highest BCUT2D eigenvalue weighted by molar-refractivity contribution is 5.59. The van der Waals surface area contributed by atoms with Crippen LogP contribution in [0.2, 0.25) is 0 Å². The molecular weight excluding hydrogens is 217 g/mol. The van der Waals surface area contributed by atoms with Crippen LogP contribution in [0.4, 0.5) is 4.39 Å². The van der Waals surface area contributed by atoms with Gasteiger partial charge in [0.2, 0.25) is 0 Å². The van der Waals surface area contributed by atoms with Gasteiger partial charge in [0.05, 0.1) is 5.69 Å². The van der Waals surface area contributed by atoms with Gasteiger partial charge in [-0.25, -0.2) is 4.39 Å². The molecule has 1 N–H and O–H groups in total. The van der Waals surface area contributed by atoms with E-state index in [2.05, 4.69) is 10.4 Å². The highest BCUT2D eigenvalue weighted by Crippen LogP contribution is 2.21. The van der Waals surface area contributed by atoms with E-state index in [9.17, 15) is 4.39 Å². The first-order valence-corrected chi connectivity index (χ1v) is 5.70. The molecule has 4 heteroatoms. The highest BCUT2D eigenvalue weighted by Gasteiger charge is 2.07. The Kier molecular flexibility index (Phi) is 3.54. The van der Waals surface area contributed by atoms with Gasteiger partial charge in [-0.05, 0) is 18.7 Å². The van der Waals surface area contributed by atoms with Gasteiger partial charge in [-0.1, -0.05) is 19.1 Å². The summed E-state index contributed by atoms with van der Waals surface area (Å²) in [4.78, 5) is 0. The number of nitrogens with zero attached hydrogens (tertiary/aromatic N) is 2. The average molecular weight is 233 g/mol. The summed E-state index contributed by atoms with van der Waals surface area (Å²) in [6, 6.07) is 7.18. The van der Waals surface area contributed by atoms with Crippen molar-refractivity contribution < 1.29 is 4.39 Å². The Labute approximate surface area is 100 Å². The van der Waals surface area contributed by atoms with Crippen molar-refractivity contribution in [3.8, 4) is 11.3 Å². The van der Waals surface area contributed by atoms with Crippen LogP contribution in [0, 0.1) is 5.82 Å². The second kappa shape index (κ2) is 5.10. The van der Waals surface area contributed by atoms with Crippen molar-refractivity contribution in [3.05, 3.63) is 41.8 Å². The lowest BCUT2D eigenvalue weighted by Gasteiger charge is -2.07. The Balaban J connectivity index is 2.28. The molecule has 2 rings (SSSR count). The number of nitrogens with one attached hydrogen (secondary N) is 1. The van der Waals surface area contributed by atoms with Crippen molar-refractivity contribution >= 4 is 0 Å². The first-order valence-electron chi connectivity index (χ1n) is 5.70. The van der Waals surface area contributed by atoms with Crippen LogP contribution in [-0.2, 0) is 13.6 Å². The largest absolute Gasteiger partial charge is 0.313 e. The SMILES string of the molecule is CCNCc1ccc(-c2ccnn2C)cc1F. The fourth-order valence-corrected chi connectivity index (χ4v) is 1.77. The Hall–Kier alpha value is -1.68. The molecule has 0 saturated heterocycles. The van der Waals surface area contributed by atoms with Gasteiger partial charge in [0.25, 0.3) is 0 Å². The van der Waals surface area contributed by atoms with Gasteiger partial charge in [-0.2, -0.15) is 5.10 Å². The van der Waals surface area contributed by atoms with Crippen molar-refractivity contribution in [2.75, 3.05) is 6.54 Å². The second-order valence-electron chi connectivity index (χ2n) is 3.93. The summed E-state index contributed by atoms with van der Waals surface area (Å²) in [5, 5.41) is 7.19. The maximum Gasteiger partial charge on any atom is 0.128 e. The number of hydrogen-bond donors (Lipinski definition) is 1. The fraction of sp³-hybridized carbons (Fsp3) is 0.308. The molecule has 0 bridgehead atoms. The molecule has 17 heavy (non-hydrogen) atoms. The first-order chi connectivity index (χ1) is 8.22. The number of rotatable bonds is 4. The molecule has 1 aromatic heterocycles. The normalized spacial score (nSPS) is 10.8. The molecule has 90 valence electrons. The second-order valence-corrected chi connectivity index (χ2v) is 3.93. The molecule has 0 aliphatic heterocycles. The summed E-state index contributed by atoms with van der Waals surface area (Å²) in [6.45, 7) is 3.40. The van der Waals surface area contributed by atoms with E-state index in [1.54, 1.807) is 16.9 Å². The summed E-state index contributed by atoms with van der Waals surface area (Å²) < 4.78 is 15.6. The van der Waals surface area contributed by atoms with E-state index >= 15 is 0 Å². The first kappa shape index (κ1) is 11.8. The van der Waals surface area contributed by atoms with Crippen molar-refractivity contribution in [3.63, 3.8) is 0 Å². The molecule has 0 aliphatic carbocycles. The van der Waals surface area contributed by atoms with Crippen LogP contribution in [0.5, 0.6) is 0 Å². The van der Waals surface area contributed by atoms with E-state index in [0.29, 0.717) is 12.1 Å².